The number of rotatable bonds is 5. The summed E-state index contributed by atoms with van der Waals surface area (Å²) in [6.07, 6.45) is -3.09. The highest BCUT2D eigenvalue weighted by Gasteiger charge is 2.26. The standard InChI is InChI=1S/C14H25F3N4.HI/c1-11(2)10-21-8-4-12(5-9-21)20-13(18-3)19-7-6-14(15,16)17;/h12H,1,4-10H2,2-3H3,(H2,18,19,20);1H. The minimum absolute atomic E-state index is 0. The molecule has 1 fully saturated rings. The van der Waals surface area contributed by atoms with Gasteiger partial charge in [0.1, 0.15) is 0 Å². The lowest BCUT2D eigenvalue weighted by molar-refractivity contribution is -0.132. The Kier molecular flexibility index (Phi) is 10.1. The van der Waals surface area contributed by atoms with Crippen molar-refractivity contribution in [2.75, 3.05) is 33.2 Å². The third kappa shape index (κ3) is 9.50. The number of nitrogens with one attached hydrogen (secondary N) is 2. The summed E-state index contributed by atoms with van der Waals surface area (Å²) in [7, 11) is 1.57. The monoisotopic (exact) mass is 434 g/mol. The molecule has 0 unspecified atom stereocenters. The number of likely N-dealkylation sites (tertiary alicyclic amines) is 1. The van der Waals surface area contributed by atoms with E-state index in [1.165, 1.54) is 0 Å². The summed E-state index contributed by atoms with van der Waals surface area (Å²) >= 11 is 0. The van der Waals surface area contributed by atoms with E-state index in [1.54, 1.807) is 7.05 Å². The van der Waals surface area contributed by atoms with Gasteiger partial charge in [-0.2, -0.15) is 13.2 Å². The molecule has 0 aliphatic carbocycles. The molecule has 1 heterocycles. The Morgan fingerprint density at radius 1 is 1.32 bits per heavy atom. The van der Waals surface area contributed by atoms with E-state index in [0.717, 1.165) is 38.0 Å². The van der Waals surface area contributed by atoms with E-state index in [1.807, 2.05) is 6.92 Å². The molecule has 0 aromatic rings. The SMILES string of the molecule is C=C(C)CN1CCC(NC(=NC)NCCC(F)(F)F)CC1.I. The van der Waals surface area contributed by atoms with E-state index in [9.17, 15) is 13.2 Å². The molecule has 130 valence electrons. The highest BCUT2D eigenvalue weighted by Crippen LogP contribution is 2.18. The molecular formula is C14H26F3IN4. The molecule has 1 rings (SSSR count). The van der Waals surface area contributed by atoms with Crippen molar-refractivity contribution in [3.8, 4) is 0 Å². The van der Waals surface area contributed by atoms with Crippen molar-refractivity contribution in [1.82, 2.24) is 15.5 Å². The molecule has 1 saturated heterocycles. The van der Waals surface area contributed by atoms with Gasteiger partial charge < -0.3 is 10.6 Å². The van der Waals surface area contributed by atoms with E-state index >= 15 is 0 Å². The minimum Gasteiger partial charge on any atom is -0.356 e. The molecule has 0 spiro atoms. The number of halogens is 4. The van der Waals surface area contributed by atoms with Crippen LogP contribution in [0.1, 0.15) is 26.2 Å². The molecule has 0 saturated carbocycles. The van der Waals surface area contributed by atoms with Crippen LogP contribution in [0, 0.1) is 0 Å². The normalized spacial score (nSPS) is 17.8. The van der Waals surface area contributed by atoms with E-state index in [4.69, 9.17) is 0 Å². The molecule has 4 nitrogen and oxygen atoms in total. The zero-order chi connectivity index (χ0) is 15.9. The fraction of sp³-hybridized carbons (Fsp3) is 0.786. The fourth-order valence-electron chi connectivity index (χ4n) is 2.33. The Balaban J connectivity index is 0.00000441. The first-order valence-corrected chi connectivity index (χ1v) is 7.21. The quantitative estimate of drug-likeness (QED) is 0.303. The van der Waals surface area contributed by atoms with Crippen LogP contribution in [-0.4, -0.2) is 56.3 Å². The van der Waals surface area contributed by atoms with Crippen LogP contribution in [0.5, 0.6) is 0 Å². The van der Waals surface area contributed by atoms with Gasteiger partial charge in [0.2, 0.25) is 0 Å². The summed E-state index contributed by atoms with van der Waals surface area (Å²) in [5.74, 6) is 0.442. The van der Waals surface area contributed by atoms with Crippen molar-refractivity contribution in [2.24, 2.45) is 4.99 Å². The zero-order valence-electron chi connectivity index (χ0n) is 13.2. The predicted octanol–water partition coefficient (Wildman–Crippen LogP) is 2.76. The third-order valence-corrected chi connectivity index (χ3v) is 3.35. The average molecular weight is 434 g/mol. The number of alkyl halides is 3. The zero-order valence-corrected chi connectivity index (χ0v) is 15.5. The lowest BCUT2D eigenvalue weighted by Crippen LogP contribution is -2.49. The van der Waals surface area contributed by atoms with Crippen LogP contribution < -0.4 is 10.6 Å². The van der Waals surface area contributed by atoms with E-state index in [-0.39, 0.29) is 36.6 Å². The molecule has 8 heteroatoms. The van der Waals surface area contributed by atoms with Crippen molar-refractivity contribution in [2.45, 2.75) is 38.4 Å². The first-order valence-electron chi connectivity index (χ1n) is 7.21. The topological polar surface area (TPSA) is 39.7 Å². The van der Waals surface area contributed by atoms with Gasteiger partial charge in [0.15, 0.2) is 5.96 Å². The van der Waals surface area contributed by atoms with Gasteiger partial charge in [0.05, 0.1) is 6.42 Å². The minimum atomic E-state index is -4.14. The number of aliphatic imine (C=N–C) groups is 1. The van der Waals surface area contributed by atoms with Gasteiger partial charge in [0, 0.05) is 39.3 Å². The lowest BCUT2D eigenvalue weighted by atomic mass is 10.0. The molecule has 0 bridgehead atoms. The van der Waals surface area contributed by atoms with Crippen LogP contribution in [-0.2, 0) is 0 Å². The summed E-state index contributed by atoms with van der Waals surface area (Å²) in [5.41, 5.74) is 1.14. The summed E-state index contributed by atoms with van der Waals surface area (Å²) in [5, 5.41) is 5.90. The van der Waals surface area contributed by atoms with Gasteiger partial charge >= 0.3 is 6.18 Å². The van der Waals surface area contributed by atoms with Crippen LogP contribution in [0.15, 0.2) is 17.1 Å². The molecule has 1 aliphatic rings. The Hall–Kier alpha value is -0.510. The second-order valence-electron chi connectivity index (χ2n) is 5.52. The van der Waals surface area contributed by atoms with Gasteiger partial charge in [-0.25, -0.2) is 0 Å². The van der Waals surface area contributed by atoms with Gasteiger partial charge in [-0.05, 0) is 19.8 Å². The molecule has 1 aliphatic heterocycles. The maximum absolute atomic E-state index is 12.1. The van der Waals surface area contributed by atoms with Crippen LogP contribution in [0.3, 0.4) is 0 Å². The Labute approximate surface area is 147 Å². The van der Waals surface area contributed by atoms with Gasteiger partial charge in [-0.3, -0.25) is 9.89 Å². The van der Waals surface area contributed by atoms with Gasteiger partial charge in [-0.1, -0.05) is 12.2 Å². The maximum Gasteiger partial charge on any atom is 0.390 e. The van der Waals surface area contributed by atoms with Crippen molar-refractivity contribution in [3.05, 3.63) is 12.2 Å². The highest BCUT2D eigenvalue weighted by molar-refractivity contribution is 14.0. The third-order valence-electron chi connectivity index (χ3n) is 3.35. The van der Waals surface area contributed by atoms with Crippen LogP contribution in [0.25, 0.3) is 0 Å². The summed E-state index contributed by atoms with van der Waals surface area (Å²) in [6, 6.07) is 0.253. The summed E-state index contributed by atoms with van der Waals surface area (Å²) in [4.78, 5) is 6.30. The molecule has 22 heavy (non-hydrogen) atoms. The second kappa shape index (κ2) is 10.3. The van der Waals surface area contributed by atoms with Crippen molar-refractivity contribution in [3.63, 3.8) is 0 Å². The number of hydrogen-bond acceptors (Lipinski definition) is 2. The summed E-state index contributed by atoms with van der Waals surface area (Å²) in [6.45, 7) is 8.59. The molecule has 2 N–H and O–H groups in total. The predicted molar refractivity (Wildman–Crippen MR) is 94.9 cm³/mol. The number of guanidine groups is 1. The van der Waals surface area contributed by atoms with Crippen LogP contribution in [0.2, 0.25) is 0 Å². The molecule has 0 amide bonds. The Morgan fingerprint density at radius 2 is 1.91 bits per heavy atom. The molecule has 0 aromatic carbocycles. The van der Waals surface area contributed by atoms with Crippen LogP contribution in [0.4, 0.5) is 13.2 Å². The van der Waals surface area contributed by atoms with Crippen molar-refractivity contribution in [1.29, 1.82) is 0 Å². The number of piperidine rings is 1. The first kappa shape index (κ1) is 21.5. The number of nitrogens with zero attached hydrogens (tertiary/aromatic N) is 2. The van der Waals surface area contributed by atoms with Crippen molar-refractivity contribution < 1.29 is 13.2 Å². The smallest absolute Gasteiger partial charge is 0.356 e. The second-order valence-corrected chi connectivity index (χ2v) is 5.52. The molecule has 0 radical (unpaired) electrons. The van der Waals surface area contributed by atoms with E-state index in [0.29, 0.717) is 5.96 Å². The Morgan fingerprint density at radius 3 is 2.36 bits per heavy atom. The van der Waals surface area contributed by atoms with Crippen molar-refractivity contribution >= 4 is 29.9 Å². The number of hydrogen-bond donors (Lipinski definition) is 2. The lowest BCUT2D eigenvalue weighted by Gasteiger charge is -2.33. The fourth-order valence-corrected chi connectivity index (χ4v) is 2.33. The van der Waals surface area contributed by atoms with Gasteiger partial charge in [0.25, 0.3) is 0 Å². The van der Waals surface area contributed by atoms with Gasteiger partial charge in [-0.15, -0.1) is 24.0 Å². The van der Waals surface area contributed by atoms with Crippen LogP contribution >= 0.6 is 24.0 Å². The molecular weight excluding hydrogens is 408 g/mol. The first-order chi connectivity index (χ1) is 9.80. The average Bonchev–Trinajstić information content (AvgIpc) is 2.37. The Bertz CT molecular complexity index is 364. The molecule has 0 atom stereocenters. The van der Waals surface area contributed by atoms with E-state index < -0.39 is 12.6 Å². The van der Waals surface area contributed by atoms with E-state index in [2.05, 4.69) is 27.1 Å². The maximum atomic E-state index is 12.1. The largest absolute Gasteiger partial charge is 0.390 e. The summed E-state index contributed by atoms with van der Waals surface area (Å²) < 4.78 is 36.3. The highest BCUT2D eigenvalue weighted by atomic mass is 127. The molecule has 0 aromatic heterocycles.